The second kappa shape index (κ2) is 12.6. The van der Waals surface area contributed by atoms with E-state index in [9.17, 15) is 15.0 Å². The monoisotopic (exact) mass is 498 g/mol. The van der Waals surface area contributed by atoms with Gasteiger partial charge in [-0.05, 0) is 48.4 Å². The molecule has 3 N–H and O–H groups in total. The van der Waals surface area contributed by atoms with Crippen molar-refractivity contribution in [2.75, 3.05) is 27.9 Å². The first-order chi connectivity index (χ1) is 17.4. The fourth-order valence-corrected chi connectivity index (χ4v) is 3.66. The number of benzene rings is 3. The number of phenols is 1. The highest BCUT2D eigenvalue weighted by Gasteiger charge is 2.30. The third kappa shape index (κ3) is 6.51. The Kier molecular flexibility index (Phi) is 9.24. The van der Waals surface area contributed by atoms with Crippen molar-refractivity contribution < 1.29 is 43.8 Å². The van der Waals surface area contributed by atoms with Gasteiger partial charge in [-0.2, -0.15) is 0 Å². The molecular formula is C27H30O9. The summed E-state index contributed by atoms with van der Waals surface area (Å²) in [5.74, 6) is 0.929. The van der Waals surface area contributed by atoms with E-state index in [1.165, 1.54) is 27.4 Å². The molecule has 0 aliphatic rings. The molecule has 0 aliphatic heterocycles. The number of carbonyl (C=O) groups is 1. The van der Waals surface area contributed by atoms with Crippen LogP contribution in [0.15, 0.2) is 60.7 Å². The predicted molar refractivity (Wildman–Crippen MR) is 131 cm³/mol. The van der Waals surface area contributed by atoms with Crippen molar-refractivity contribution in [2.24, 2.45) is 0 Å². The van der Waals surface area contributed by atoms with Gasteiger partial charge in [-0.1, -0.05) is 24.3 Å². The van der Waals surface area contributed by atoms with Crippen LogP contribution in [0.5, 0.6) is 34.5 Å². The molecular weight excluding hydrogens is 468 g/mol. The van der Waals surface area contributed by atoms with Crippen molar-refractivity contribution in [3.05, 3.63) is 71.8 Å². The van der Waals surface area contributed by atoms with Gasteiger partial charge < -0.3 is 39.0 Å². The zero-order valence-corrected chi connectivity index (χ0v) is 20.3. The second-order valence-electron chi connectivity index (χ2n) is 7.84. The van der Waals surface area contributed by atoms with E-state index in [1.54, 1.807) is 54.6 Å². The number of methoxy groups -OCH3 is 3. The minimum atomic E-state index is -0.896. The molecule has 0 fully saturated rings. The number of rotatable bonds is 13. The van der Waals surface area contributed by atoms with E-state index in [2.05, 4.69) is 0 Å². The minimum Gasteiger partial charge on any atom is -0.504 e. The van der Waals surface area contributed by atoms with E-state index in [-0.39, 0.29) is 17.9 Å². The summed E-state index contributed by atoms with van der Waals surface area (Å²) in [5.41, 5.74) is 1.34. The summed E-state index contributed by atoms with van der Waals surface area (Å²) in [6.07, 6.45) is -1.44. The highest BCUT2D eigenvalue weighted by Crippen LogP contribution is 2.38. The molecule has 0 heterocycles. The molecule has 9 heteroatoms. The van der Waals surface area contributed by atoms with Crippen LogP contribution in [-0.2, 0) is 11.2 Å². The summed E-state index contributed by atoms with van der Waals surface area (Å²) >= 11 is 0. The predicted octanol–water partition coefficient (Wildman–Crippen LogP) is 4.00. The molecule has 36 heavy (non-hydrogen) atoms. The summed E-state index contributed by atoms with van der Waals surface area (Å²) in [7, 11) is 4.44. The van der Waals surface area contributed by atoms with E-state index in [1.807, 2.05) is 0 Å². The van der Waals surface area contributed by atoms with Gasteiger partial charge in [0.05, 0.1) is 27.9 Å². The van der Waals surface area contributed by atoms with Crippen molar-refractivity contribution >= 4 is 5.97 Å². The number of carboxylic acids is 1. The zero-order valence-electron chi connectivity index (χ0n) is 20.3. The van der Waals surface area contributed by atoms with Crippen molar-refractivity contribution in [1.29, 1.82) is 0 Å². The van der Waals surface area contributed by atoms with Crippen LogP contribution >= 0.6 is 0 Å². The van der Waals surface area contributed by atoms with Gasteiger partial charge in [0.15, 0.2) is 46.7 Å². The molecule has 9 nitrogen and oxygen atoms in total. The van der Waals surface area contributed by atoms with E-state index in [4.69, 9.17) is 28.8 Å². The van der Waals surface area contributed by atoms with Crippen molar-refractivity contribution in [2.45, 2.75) is 25.0 Å². The molecule has 0 amide bonds. The maximum absolute atomic E-state index is 10.9. The molecule has 2 atom stereocenters. The average Bonchev–Trinajstić information content (AvgIpc) is 2.90. The van der Waals surface area contributed by atoms with Crippen molar-refractivity contribution in [1.82, 2.24) is 0 Å². The Morgan fingerprint density at radius 3 is 2.11 bits per heavy atom. The zero-order chi connectivity index (χ0) is 26.1. The third-order valence-corrected chi connectivity index (χ3v) is 5.51. The molecule has 2 unspecified atom stereocenters. The van der Waals surface area contributed by atoms with Crippen LogP contribution in [0.1, 0.15) is 23.7 Å². The van der Waals surface area contributed by atoms with Crippen LogP contribution in [-0.4, -0.2) is 55.3 Å². The number of aliphatic hydroxyl groups excluding tert-OH is 1. The molecule has 0 bridgehead atoms. The quantitative estimate of drug-likeness (QED) is 0.321. The normalized spacial score (nSPS) is 12.3. The number of phenolic OH excluding ortho intramolecular Hbond substituents is 1. The van der Waals surface area contributed by atoms with E-state index >= 15 is 0 Å². The van der Waals surface area contributed by atoms with Crippen LogP contribution in [0, 0.1) is 0 Å². The average molecular weight is 499 g/mol. The molecule has 0 aliphatic carbocycles. The van der Waals surface area contributed by atoms with E-state index in [0.717, 1.165) is 5.56 Å². The third-order valence-electron chi connectivity index (χ3n) is 5.51. The van der Waals surface area contributed by atoms with Crippen LogP contribution in [0.4, 0.5) is 0 Å². The van der Waals surface area contributed by atoms with Crippen LogP contribution in [0.3, 0.4) is 0 Å². The molecule has 0 spiro atoms. The topological polar surface area (TPSA) is 124 Å². The fourth-order valence-electron chi connectivity index (χ4n) is 3.66. The number of hydrogen-bond acceptors (Lipinski definition) is 8. The standard InChI is InChI=1S/C27H30O9/c1-32-20-6-4-5-7-21(20)35-25(16-28)27(18-10-11-19(29)23(15-18)33-2)36-22-12-8-17(9-13-26(30)31)14-24(22)34-3/h4-8,10-12,14-15,25,27-29H,9,13,16H2,1-3H3,(H,30,31). The molecule has 3 aromatic rings. The van der Waals surface area contributed by atoms with Gasteiger partial charge in [0.25, 0.3) is 0 Å². The van der Waals surface area contributed by atoms with Crippen molar-refractivity contribution in [3.63, 3.8) is 0 Å². The Morgan fingerprint density at radius 2 is 1.47 bits per heavy atom. The lowest BCUT2D eigenvalue weighted by atomic mass is 10.0. The number of ether oxygens (including phenoxy) is 5. The SMILES string of the molecule is COc1cc(C(Oc2ccc(CCC(=O)O)cc2OC)C(CO)Oc2ccccc2OC)ccc1O. The summed E-state index contributed by atoms with van der Waals surface area (Å²) in [6.45, 7) is -0.412. The number of hydrogen-bond donors (Lipinski definition) is 3. The number of carboxylic acid groups (broad SMARTS) is 1. The molecule has 3 rings (SSSR count). The number of para-hydroxylation sites is 2. The minimum absolute atomic E-state index is 0.0153. The molecule has 192 valence electrons. The Balaban J connectivity index is 2.00. The highest BCUT2D eigenvalue weighted by atomic mass is 16.6. The van der Waals surface area contributed by atoms with Gasteiger partial charge in [0, 0.05) is 12.0 Å². The summed E-state index contributed by atoms with van der Waals surface area (Å²) in [5, 5.41) is 29.4. The first kappa shape index (κ1) is 26.5. The van der Waals surface area contributed by atoms with Gasteiger partial charge in [-0.25, -0.2) is 0 Å². The van der Waals surface area contributed by atoms with Crippen LogP contribution in [0.2, 0.25) is 0 Å². The Hall–Kier alpha value is -4.11. The summed E-state index contributed by atoms with van der Waals surface area (Å²) in [4.78, 5) is 10.9. The maximum Gasteiger partial charge on any atom is 0.303 e. The number of aryl methyl sites for hydroxylation is 1. The number of aliphatic carboxylic acids is 1. The largest absolute Gasteiger partial charge is 0.504 e. The molecule has 0 aromatic heterocycles. The lowest BCUT2D eigenvalue weighted by Gasteiger charge is -2.29. The van der Waals surface area contributed by atoms with E-state index in [0.29, 0.717) is 35.0 Å². The summed E-state index contributed by atoms with van der Waals surface area (Å²) < 4.78 is 28.6. The highest BCUT2D eigenvalue weighted by molar-refractivity contribution is 5.67. The van der Waals surface area contributed by atoms with Crippen molar-refractivity contribution in [3.8, 4) is 34.5 Å². The first-order valence-corrected chi connectivity index (χ1v) is 11.2. The van der Waals surface area contributed by atoms with Crippen LogP contribution in [0.25, 0.3) is 0 Å². The molecule has 3 aromatic carbocycles. The Labute approximate surface area is 209 Å². The van der Waals surface area contributed by atoms with Gasteiger partial charge >= 0.3 is 5.97 Å². The Morgan fingerprint density at radius 1 is 0.806 bits per heavy atom. The van der Waals surface area contributed by atoms with Gasteiger partial charge in [-0.3, -0.25) is 4.79 Å². The number of aromatic hydroxyl groups is 1. The molecule has 0 radical (unpaired) electrons. The summed E-state index contributed by atoms with van der Waals surface area (Å²) in [6, 6.07) is 16.9. The number of aliphatic hydroxyl groups is 1. The Bertz CT molecular complexity index is 1160. The van der Waals surface area contributed by atoms with Gasteiger partial charge in [0.2, 0.25) is 0 Å². The van der Waals surface area contributed by atoms with Gasteiger partial charge in [0.1, 0.15) is 0 Å². The van der Waals surface area contributed by atoms with Crippen LogP contribution < -0.4 is 23.7 Å². The first-order valence-electron chi connectivity index (χ1n) is 11.2. The lowest BCUT2D eigenvalue weighted by Crippen LogP contribution is -2.33. The fraction of sp³-hybridized carbons (Fsp3) is 0.296. The second-order valence-corrected chi connectivity index (χ2v) is 7.84. The van der Waals surface area contributed by atoms with E-state index < -0.39 is 24.8 Å². The van der Waals surface area contributed by atoms with Gasteiger partial charge in [-0.15, -0.1) is 0 Å². The lowest BCUT2D eigenvalue weighted by molar-refractivity contribution is -0.136. The maximum atomic E-state index is 10.9. The molecule has 0 saturated heterocycles. The smallest absolute Gasteiger partial charge is 0.303 e. The molecule has 0 saturated carbocycles.